The third-order valence-electron chi connectivity index (χ3n) is 4.59. The molecule has 5 heteroatoms. The SMILES string of the molecule is O=C(NCCC1COc2ccccc2O1)c1cccc2c1CCOC2. The van der Waals surface area contributed by atoms with Gasteiger partial charge in [0.25, 0.3) is 5.91 Å². The highest BCUT2D eigenvalue weighted by Crippen LogP contribution is 2.31. The van der Waals surface area contributed by atoms with Crippen LogP contribution in [0.25, 0.3) is 0 Å². The van der Waals surface area contributed by atoms with Crippen LogP contribution in [0.2, 0.25) is 0 Å². The van der Waals surface area contributed by atoms with E-state index in [9.17, 15) is 4.79 Å². The number of ether oxygens (including phenoxy) is 3. The van der Waals surface area contributed by atoms with Gasteiger partial charge in [0.2, 0.25) is 0 Å². The van der Waals surface area contributed by atoms with Gasteiger partial charge in [0.1, 0.15) is 12.7 Å². The molecule has 4 rings (SSSR count). The van der Waals surface area contributed by atoms with Crippen LogP contribution >= 0.6 is 0 Å². The second-order valence-electron chi connectivity index (χ2n) is 6.29. The lowest BCUT2D eigenvalue weighted by Gasteiger charge is -2.26. The molecule has 130 valence electrons. The number of nitrogens with one attached hydrogen (secondary N) is 1. The molecule has 25 heavy (non-hydrogen) atoms. The summed E-state index contributed by atoms with van der Waals surface area (Å²) in [4.78, 5) is 12.5. The Balaban J connectivity index is 1.33. The second-order valence-corrected chi connectivity index (χ2v) is 6.29. The summed E-state index contributed by atoms with van der Waals surface area (Å²) in [6.45, 7) is 2.31. The van der Waals surface area contributed by atoms with Crippen molar-refractivity contribution in [3.63, 3.8) is 0 Å². The third kappa shape index (κ3) is 3.46. The summed E-state index contributed by atoms with van der Waals surface area (Å²) in [6.07, 6.45) is 1.45. The number of carbonyl (C=O) groups excluding carboxylic acids is 1. The highest BCUT2D eigenvalue weighted by molar-refractivity contribution is 5.96. The van der Waals surface area contributed by atoms with Gasteiger partial charge in [-0.2, -0.15) is 0 Å². The number of hydrogen-bond donors (Lipinski definition) is 1. The Morgan fingerprint density at radius 2 is 2.00 bits per heavy atom. The largest absolute Gasteiger partial charge is 0.486 e. The normalized spacial score (nSPS) is 18.3. The van der Waals surface area contributed by atoms with Gasteiger partial charge in [-0.1, -0.05) is 24.3 Å². The molecule has 1 unspecified atom stereocenters. The molecule has 2 aliphatic heterocycles. The van der Waals surface area contributed by atoms with Crippen LogP contribution in [0.5, 0.6) is 11.5 Å². The molecule has 0 aromatic heterocycles. The van der Waals surface area contributed by atoms with E-state index in [0.717, 1.165) is 34.6 Å². The van der Waals surface area contributed by atoms with Crippen LogP contribution in [0.4, 0.5) is 0 Å². The van der Waals surface area contributed by atoms with Crippen molar-refractivity contribution in [3.8, 4) is 11.5 Å². The molecule has 1 atom stereocenters. The summed E-state index contributed by atoms with van der Waals surface area (Å²) in [5.41, 5.74) is 2.98. The van der Waals surface area contributed by atoms with Crippen LogP contribution < -0.4 is 14.8 Å². The average Bonchev–Trinajstić information content (AvgIpc) is 2.67. The van der Waals surface area contributed by atoms with E-state index < -0.39 is 0 Å². The molecule has 0 radical (unpaired) electrons. The van der Waals surface area contributed by atoms with Gasteiger partial charge >= 0.3 is 0 Å². The Hall–Kier alpha value is -2.53. The highest BCUT2D eigenvalue weighted by atomic mass is 16.6. The minimum Gasteiger partial charge on any atom is -0.486 e. The molecule has 1 amide bonds. The predicted octanol–water partition coefficient (Wildman–Crippen LogP) is 2.72. The monoisotopic (exact) mass is 339 g/mol. The van der Waals surface area contributed by atoms with E-state index in [-0.39, 0.29) is 12.0 Å². The lowest BCUT2D eigenvalue weighted by atomic mass is 9.97. The maximum Gasteiger partial charge on any atom is 0.251 e. The molecule has 2 aliphatic rings. The first-order valence-electron chi connectivity index (χ1n) is 8.66. The van der Waals surface area contributed by atoms with Gasteiger partial charge in [-0.15, -0.1) is 0 Å². The first kappa shape index (κ1) is 16.0. The fourth-order valence-corrected chi connectivity index (χ4v) is 3.28. The molecule has 0 fully saturated rings. The van der Waals surface area contributed by atoms with Gasteiger partial charge < -0.3 is 19.5 Å². The van der Waals surface area contributed by atoms with Crippen molar-refractivity contribution in [1.29, 1.82) is 0 Å². The van der Waals surface area contributed by atoms with E-state index in [1.165, 1.54) is 0 Å². The number of para-hydroxylation sites is 2. The zero-order valence-corrected chi connectivity index (χ0v) is 14.0. The number of fused-ring (bicyclic) bond motifs is 2. The lowest BCUT2D eigenvalue weighted by Crippen LogP contribution is -2.34. The molecule has 0 spiro atoms. The molecule has 2 aromatic rings. The fourth-order valence-electron chi connectivity index (χ4n) is 3.28. The molecule has 2 heterocycles. The number of rotatable bonds is 4. The van der Waals surface area contributed by atoms with Crippen molar-refractivity contribution in [2.24, 2.45) is 0 Å². The number of amides is 1. The number of hydrogen-bond acceptors (Lipinski definition) is 4. The fraction of sp³-hybridized carbons (Fsp3) is 0.350. The Morgan fingerprint density at radius 1 is 1.12 bits per heavy atom. The molecule has 5 nitrogen and oxygen atoms in total. The minimum absolute atomic E-state index is 0.0316. The number of carbonyl (C=O) groups is 1. The molecule has 0 bridgehead atoms. The molecular weight excluding hydrogens is 318 g/mol. The first-order chi connectivity index (χ1) is 12.3. The third-order valence-corrected chi connectivity index (χ3v) is 4.59. The van der Waals surface area contributed by atoms with E-state index in [1.54, 1.807) is 0 Å². The summed E-state index contributed by atoms with van der Waals surface area (Å²) < 4.78 is 17.1. The van der Waals surface area contributed by atoms with Gasteiger partial charge in [-0.3, -0.25) is 4.79 Å². The predicted molar refractivity (Wildman–Crippen MR) is 93.1 cm³/mol. The minimum atomic E-state index is -0.0479. The Bertz CT molecular complexity index is 774. The Labute approximate surface area is 146 Å². The summed E-state index contributed by atoms with van der Waals surface area (Å²) in [6, 6.07) is 13.5. The van der Waals surface area contributed by atoms with Gasteiger partial charge in [0, 0.05) is 18.5 Å². The van der Waals surface area contributed by atoms with Crippen LogP contribution in [-0.4, -0.2) is 31.8 Å². The van der Waals surface area contributed by atoms with Crippen LogP contribution in [0.15, 0.2) is 42.5 Å². The lowest BCUT2D eigenvalue weighted by molar-refractivity contribution is 0.0811. The molecule has 1 N–H and O–H groups in total. The van der Waals surface area contributed by atoms with Gasteiger partial charge in [0.05, 0.1) is 13.2 Å². The molecular formula is C20H21NO4. The van der Waals surface area contributed by atoms with Gasteiger partial charge in [0.15, 0.2) is 11.5 Å². The van der Waals surface area contributed by atoms with Crippen molar-refractivity contribution < 1.29 is 19.0 Å². The number of benzene rings is 2. The topological polar surface area (TPSA) is 56.8 Å². The van der Waals surface area contributed by atoms with E-state index in [4.69, 9.17) is 14.2 Å². The van der Waals surface area contributed by atoms with E-state index in [2.05, 4.69) is 5.32 Å². The Morgan fingerprint density at radius 3 is 2.92 bits per heavy atom. The van der Waals surface area contributed by atoms with Gasteiger partial charge in [-0.05, 0) is 35.7 Å². The molecule has 0 saturated heterocycles. The zero-order chi connectivity index (χ0) is 17.1. The maximum atomic E-state index is 12.5. The highest BCUT2D eigenvalue weighted by Gasteiger charge is 2.21. The summed E-state index contributed by atoms with van der Waals surface area (Å²) in [5, 5.41) is 3.01. The van der Waals surface area contributed by atoms with Crippen molar-refractivity contribution in [3.05, 3.63) is 59.2 Å². The van der Waals surface area contributed by atoms with Crippen LogP contribution in [0.3, 0.4) is 0 Å². The zero-order valence-electron chi connectivity index (χ0n) is 14.0. The van der Waals surface area contributed by atoms with E-state index >= 15 is 0 Å². The maximum absolute atomic E-state index is 12.5. The van der Waals surface area contributed by atoms with Crippen molar-refractivity contribution in [2.45, 2.75) is 25.6 Å². The summed E-state index contributed by atoms with van der Waals surface area (Å²) in [5.74, 6) is 1.51. The van der Waals surface area contributed by atoms with Gasteiger partial charge in [-0.25, -0.2) is 0 Å². The quantitative estimate of drug-likeness (QED) is 0.931. The van der Waals surface area contributed by atoms with Crippen molar-refractivity contribution >= 4 is 5.91 Å². The first-order valence-corrected chi connectivity index (χ1v) is 8.66. The summed E-state index contributed by atoms with van der Waals surface area (Å²) in [7, 11) is 0. The molecule has 0 saturated carbocycles. The van der Waals surface area contributed by atoms with Crippen LogP contribution in [-0.2, 0) is 17.8 Å². The Kier molecular flexibility index (Phi) is 4.57. The average molecular weight is 339 g/mol. The van der Waals surface area contributed by atoms with Crippen molar-refractivity contribution in [1.82, 2.24) is 5.32 Å². The van der Waals surface area contributed by atoms with E-state index in [1.807, 2.05) is 42.5 Å². The summed E-state index contributed by atoms with van der Waals surface area (Å²) >= 11 is 0. The van der Waals surface area contributed by atoms with Crippen LogP contribution in [0, 0.1) is 0 Å². The molecule has 0 aliphatic carbocycles. The second kappa shape index (κ2) is 7.15. The van der Waals surface area contributed by atoms with Crippen LogP contribution in [0.1, 0.15) is 27.9 Å². The van der Waals surface area contributed by atoms with Crippen molar-refractivity contribution in [2.75, 3.05) is 19.8 Å². The van der Waals surface area contributed by atoms with E-state index in [0.29, 0.717) is 32.8 Å². The standard InChI is InChI=1S/C20H21NO4/c22-20(17-5-3-4-14-12-23-11-9-16(14)17)21-10-8-15-13-24-18-6-1-2-7-19(18)25-15/h1-7,15H,8-13H2,(H,21,22). The smallest absolute Gasteiger partial charge is 0.251 e. The molecule has 2 aromatic carbocycles.